The van der Waals surface area contributed by atoms with Crippen molar-refractivity contribution in [1.29, 1.82) is 0 Å². The Morgan fingerprint density at radius 1 is 1.03 bits per heavy atom. The van der Waals surface area contributed by atoms with Gasteiger partial charge in [0.05, 0.1) is 5.75 Å². The SMILES string of the molecule is O=C(NCCS(=O)(=O)N[C@H]1CC[C@H](Nc2cc(-c3c[nH]c4ncccc34)cc(Cl)n2)CC1)c1ccccc1. The molecule has 38 heavy (non-hydrogen) atoms. The number of hydrogen-bond acceptors (Lipinski definition) is 6. The average molecular weight is 553 g/mol. The number of nitrogens with one attached hydrogen (secondary N) is 4. The molecule has 1 saturated carbocycles. The maximum atomic E-state index is 12.6. The van der Waals surface area contributed by atoms with Crippen molar-refractivity contribution in [2.24, 2.45) is 0 Å². The van der Waals surface area contributed by atoms with Gasteiger partial charge in [-0.3, -0.25) is 4.79 Å². The Bertz CT molecular complexity index is 1520. The molecule has 0 unspecified atom stereocenters. The van der Waals surface area contributed by atoms with Crippen LogP contribution in [0.5, 0.6) is 0 Å². The van der Waals surface area contributed by atoms with E-state index in [0.717, 1.165) is 35.0 Å². The van der Waals surface area contributed by atoms with E-state index in [1.165, 1.54) is 0 Å². The Kier molecular flexibility index (Phi) is 7.92. The van der Waals surface area contributed by atoms with Gasteiger partial charge in [-0.25, -0.2) is 23.1 Å². The molecule has 11 heteroatoms. The molecule has 198 valence electrons. The molecule has 0 spiro atoms. The molecule has 1 amide bonds. The number of carbonyl (C=O) groups is 1. The summed E-state index contributed by atoms with van der Waals surface area (Å²) >= 11 is 6.35. The predicted octanol–water partition coefficient (Wildman–Crippen LogP) is 4.35. The Labute approximate surface area is 226 Å². The summed E-state index contributed by atoms with van der Waals surface area (Å²) in [7, 11) is -3.51. The van der Waals surface area contributed by atoms with Crippen LogP contribution in [0, 0.1) is 0 Å². The van der Waals surface area contributed by atoms with Crippen molar-refractivity contribution < 1.29 is 13.2 Å². The number of fused-ring (bicyclic) bond motifs is 1. The minimum Gasteiger partial charge on any atom is -0.367 e. The summed E-state index contributed by atoms with van der Waals surface area (Å²) < 4.78 is 27.9. The molecule has 5 rings (SSSR count). The van der Waals surface area contributed by atoms with Crippen LogP contribution in [0.25, 0.3) is 22.2 Å². The van der Waals surface area contributed by atoms with Crippen molar-refractivity contribution in [1.82, 2.24) is 25.0 Å². The highest BCUT2D eigenvalue weighted by molar-refractivity contribution is 7.89. The molecule has 3 aromatic heterocycles. The Morgan fingerprint density at radius 3 is 2.58 bits per heavy atom. The lowest BCUT2D eigenvalue weighted by Crippen LogP contribution is -2.42. The molecule has 9 nitrogen and oxygen atoms in total. The zero-order valence-electron chi connectivity index (χ0n) is 20.7. The first-order valence-electron chi connectivity index (χ1n) is 12.6. The highest BCUT2D eigenvalue weighted by atomic mass is 35.5. The third-order valence-electron chi connectivity index (χ3n) is 6.67. The summed E-state index contributed by atoms with van der Waals surface area (Å²) in [5.41, 5.74) is 3.25. The van der Waals surface area contributed by atoms with Crippen LogP contribution in [-0.2, 0) is 10.0 Å². The fourth-order valence-corrected chi connectivity index (χ4v) is 6.23. The molecule has 0 bridgehead atoms. The highest BCUT2D eigenvalue weighted by Crippen LogP contribution is 2.31. The molecular weight excluding hydrogens is 524 g/mol. The van der Waals surface area contributed by atoms with Crippen molar-refractivity contribution in [3.8, 4) is 11.1 Å². The third kappa shape index (κ3) is 6.50. The molecule has 4 N–H and O–H groups in total. The summed E-state index contributed by atoms with van der Waals surface area (Å²) in [6, 6.07) is 16.5. The summed E-state index contributed by atoms with van der Waals surface area (Å²) in [5, 5.41) is 7.54. The number of nitrogens with zero attached hydrogens (tertiary/aromatic N) is 2. The van der Waals surface area contributed by atoms with E-state index in [0.29, 0.717) is 29.4 Å². The van der Waals surface area contributed by atoms with E-state index in [9.17, 15) is 13.2 Å². The zero-order chi connectivity index (χ0) is 26.5. The normalized spacial score (nSPS) is 17.8. The Morgan fingerprint density at radius 2 is 1.79 bits per heavy atom. The number of pyridine rings is 2. The second-order valence-electron chi connectivity index (χ2n) is 9.42. The van der Waals surface area contributed by atoms with E-state index in [1.807, 2.05) is 36.5 Å². The maximum Gasteiger partial charge on any atom is 0.251 e. The molecule has 1 aliphatic carbocycles. The Hall–Kier alpha value is -3.47. The number of H-pyrrole nitrogens is 1. The van der Waals surface area contributed by atoms with Gasteiger partial charge in [0.15, 0.2) is 0 Å². The summed E-state index contributed by atoms with van der Waals surface area (Å²) in [6.07, 6.45) is 6.65. The minimum atomic E-state index is -3.51. The lowest BCUT2D eigenvalue weighted by Gasteiger charge is -2.30. The van der Waals surface area contributed by atoms with Crippen molar-refractivity contribution in [2.75, 3.05) is 17.6 Å². The standard InChI is InChI=1S/C27H29ClN6O3S/c28-24-15-19(23-17-31-26-22(23)7-4-12-29-26)16-25(33-24)32-20-8-10-21(11-9-20)34-38(36,37)14-13-30-27(35)18-5-2-1-3-6-18/h1-7,12,15-17,20-21,34H,8-11,13-14H2,(H,29,31)(H,30,35)(H,32,33)/t20-,21-. The summed E-state index contributed by atoms with van der Waals surface area (Å²) in [5.74, 6) is 0.234. The minimum absolute atomic E-state index is 0.0508. The van der Waals surface area contributed by atoms with E-state index in [-0.39, 0.29) is 30.3 Å². The van der Waals surface area contributed by atoms with E-state index in [1.54, 1.807) is 30.5 Å². The third-order valence-corrected chi connectivity index (χ3v) is 8.30. The first-order valence-corrected chi connectivity index (χ1v) is 14.6. The molecule has 3 heterocycles. The first kappa shape index (κ1) is 26.1. The molecule has 0 saturated heterocycles. The number of halogens is 1. The molecule has 1 aliphatic rings. The van der Waals surface area contributed by atoms with Crippen molar-refractivity contribution in [2.45, 2.75) is 37.8 Å². The molecule has 0 aliphatic heterocycles. The van der Waals surface area contributed by atoms with Crippen LogP contribution in [-0.4, -0.2) is 53.7 Å². The van der Waals surface area contributed by atoms with Crippen LogP contribution in [0.4, 0.5) is 5.82 Å². The van der Waals surface area contributed by atoms with Crippen LogP contribution in [0.2, 0.25) is 5.15 Å². The topological polar surface area (TPSA) is 129 Å². The number of benzene rings is 1. The number of aromatic nitrogens is 3. The Balaban J connectivity index is 1.12. The van der Waals surface area contributed by atoms with Crippen LogP contribution < -0.4 is 15.4 Å². The molecule has 0 atom stereocenters. The van der Waals surface area contributed by atoms with Crippen molar-refractivity contribution >= 4 is 44.4 Å². The van der Waals surface area contributed by atoms with Gasteiger partial charge in [-0.05, 0) is 67.6 Å². The number of aromatic amines is 1. The monoisotopic (exact) mass is 552 g/mol. The highest BCUT2D eigenvalue weighted by Gasteiger charge is 2.25. The van der Waals surface area contributed by atoms with Gasteiger partial charge in [0.1, 0.15) is 16.6 Å². The summed E-state index contributed by atoms with van der Waals surface area (Å²) in [4.78, 5) is 24.1. The van der Waals surface area contributed by atoms with Gasteiger partial charge in [-0.2, -0.15) is 0 Å². The number of carbonyl (C=O) groups excluding carboxylic acids is 1. The largest absolute Gasteiger partial charge is 0.367 e. The van der Waals surface area contributed by atoms with Crippen LogP contribution in [0.3, 0.4) is 0 Å². The quantitative estimate of drug-likeness (QED) is 0.228. The molecule has 0 radical (unpaired) electrons. The molecule has 1 aromatic carbocycles. The van der Waals surface area contributed by atoms with E-state index >= 15 is 0 Å². The molecule has 1 fully saturated rings. The van der Waals surface area contributed by atoms with Gasteiger partial charge in [-0.1, -0.05) is 29.8 Å². The fourth-order valence-electron chi connectivity index (χ4n) is 4.79. The van der Waals surface area contributed by atoms with Gasteiger partial charge in [0, 0.05) is 47.5 Å². The van der Waals surface area contributed by atoms with Crippen LogP contribution in [0.1, 0.15) is 36.0 Å². The number of hydrogen-bond donors (Lipinski definition) is 4. The number of anilines is 1. The number of rotatable bonds is 9. The number of sulfonamides is 1. The molecule has 4 aromatic rings. The van der Waals surface area contributed by atoms with Gasteiger partial charge in [0.25, 0.3) is 5.91 Å². The summed E-state index contributed by atoms with van der Waals surface area (Å²) in [6.45, 7) is 0.0508. The van der Waals surface area contributed by atoms with Gasteiger partial charge in [-0.15, -0.1) is 0 Å². The lowest BCUT2D eigenvalue weighted by atomic mass is 9.92. The molecular formula is C27H29ClN6O3S. The smallest absolute Gasteiger partial charge is 0.251 e. The number of amides is 1. The van der Waals surface area contributed by atoms with Gasteiger partial charge in [0.2, 0.25) is 10.0 Å². The second kappa shape index (κ2) is 11.5. The van der Waals surface area contributed by atoms with Gasteiger partial charge < -0.3 is 15.6 Å². The van der Waals surface area contributed by atoms with Crippen molar-refractivity contribution in [3.63, 3.8) is 0 Å². The van der Waals surface area contributed by atoms with Crippen LogP contribution >= 0.6 is 11.6 Å². The van der Waals surface area contributed by atoms with Gasteiger partial charge >= 0.3 is 0 Å². The van der Waals surface area contributed by atoms with E-state index in [2.05, 4.69) is 30.3 Å². The van der Waals surface area contributed by atoms with Crippen molar-refractivity contribution in [3.05, 3.63) is 77.7 Å². The zero-order valence-corrected chi connectivity index (χ0v) is 22.2. The van der Waals surface area contributed by atoms with E-state index < -0.39 is 10.0 Å². The lowest BCUT2D eigenvalue weighted by molar-refractivity contribution is 0.0956. The first-order chi connectivity index (χ1) is 18.4. The fraction of sp³-hybridized carbons (Fsp3) is 0.296. The van der Waals surface area contributed by atoms with Crippen LogP contribution in [0.15, 0.2) is 67.0 Å². The predicted molar refractivity (Wildman–Crippen MR) is 150 cm³/mol. The average Bonchev–Trinajstić information content (AvgIpc) is 3.34. The second-order valence-corrected chi connectivity index (χ2v) is 11.7. The van der Waals surface area contributed by atoms with E-state index in [4.69, 9.17) is 11.6 Å². The maximum absolute atomic E-state index is 12.6.